The van der Waals surface area contributed by atoms with Gasteiger partial charge in [-0.1, -0.05) is 19.3 Å². The van der Waals surface area contributed by atoms with Gasteiger partial charge in [0, 0.05) is 12.1 Å². The van der Waals surface area contributed by atoms with Crippen molar-refractivity contribution in [3.8, 4) is 5.75 Å². The molecule has 1 fully saturated rings. The number of nitrogens with one attached hydrogen (secondary N) is 1. The van der Waals surface area contributed by atoms with E-state index in [-0.39, 0.29) is 5.91 Å². The number of hydrogen-bond donors (Lipinski definition) is 2. The number of anilines is 1. The third kappa shape index (κ3) is 2.45. The fourth-order valence-electron chi connectivity index (χ4n) is 2.93. The molecule has 0 aromatic heterocycles. The highest BCUT2D eigenvalue weighted by Gasteiger charge is 2.35. The van der Waals surface area contributed by atoms with Gasteiger partial charge in [-0.25, -0.2) is 0 Å². The zero-order chi connectivity index (χ0) is 13.3. The van der Waals surface area contributed by atoms with Crippen LogP contribution in [-0.4, -0.2) is 18.1 Å². The molecule has 2 aliphatic rings. The summed E-state index contributed by atoms with van der Waals surface area (Å²) in [6.07, 6.45) is 5.75. The van der Waals surface area contributed by atoms with Gasteiger partial charge in [0.2, 0.25) is 5.91 Å². The Labute approximate surface area is 113 Å². The van der Waals surface area contributed by atoms with Crippen LogP contribution in [0.15, 0.2) is 18.2 Å². The van der Waals surface area contributed by atoms with Crippen LogP contribution in [0.25, 0.3) is 0 Å². The minimum absolute atomic E-state index is 0.0499. The topological polar surface area (TPSA) is 64.4 Å². The Morgan fingerprint density at radius 1 is 1.26 bits per heavy atom. The molecule has 3 N–H and O–H groups in total. The minimum Gasteiger partial charge on any atom is -0.493 e. The largest absolute Gasteiger partial charge is 0.493 e. The number of carbonyl (C=O) groups excluding carboxylic acids is 1. The fraction of sp³-hybridized carbons (Fsp3) is 0.533. The average molecular weight is 260 g/mol. The summed E-state index contributed by atoms with van der Waals surface area (Å²) in [6.45, 7) is 0.730. The van der Waals surface area contributed by atoms with Crippen LogP contribution in [0.2, 0.25) is 0 Å². The molecule has 19 heavy (non-hydrogen) atoms. The Bertz CT molecular complexity index is 493. The van der Waals surface area contributed by atoms with Crippen LogP contribution < -0.4 is 15.8 Å². The lowest BCUT2D eigenvalue weighted by Crippen LogP contribution is -2.52. The maximum atomic E-state index is 12.3. The molecule has 4 heteroatoms. The van der Waals surface area contributed by atoms with Crippen LogP contribution in [-0.2, 0) is 11.2 Å². The summed E-state index contributed by atoms with van der Waals surface area (Å²) in [6, 6.07) is 5.79. The molecular formula is C15H20N2O2. The maximum Gasteiger partial charge on any atom is 0.244 e. The van der Waals surface area contributed by atoms with Gasteiger partial charge in [0.15, 0.2) is 0 Å². The smallest absolute Gasteiger partial charge is 0.244 e. The van der Waals surface area contributed by atoms with Crippen LogP contribution in [0.1, 0.15) is 37.7 Å². The van der Waals surface area contributed by atoms with Crippen molar-refractivity contribution in [2.75, 3.05) is 11.9 Å². The maximum absolute atomic E-state index is 12.3. The number of fused-ring (bicyclic) bond motifs is 1. The SMILES string of the molecule is NC1(C(=O)Nc2ccc3c(c2)CCO3)CCCCC1. The molecule has 4 nitrogen and oxygen atoms in total. The van der Waals surface area contributed by atoms with E-state index in [0.717, 1.165) is 55.7 Å². The van der Waals surface area contributed by atoms with Gasteiger partial charge in [-0.05, 0) is 36.6 Å². The van der Waals surface area contributed by atoms with Gasteiger partial charge in [0.1, 0.15) is 5.75 Å². The molecule has 0 unspecified atom stereocenters. The lowest BCUT2D eigenvalue weighted by atomic mass is 9.82. The van der Waals surface area contributed by atoms with Crippen molar-refractivity contribution in [1.82, 2.24) is 0 Å². The van der Waals surface area contributed by atoms with Crippen molar-refractivity contribution < 1.29 is 9.53 Å². The van der Waals surface area contributed by atoms with E-state index in [0.29, 0.717) is 0 Å². The van der Waals surface area contributed by atoms with E-state index in [2.05, 4.69) is 5.32 Å². The third-order valence-corrected chi connectivity index (χ3v) is 4.15. The van der Waals surface area contributed by atoms with Crippen LogP contribution in [0.4, 0.5) is 5.69 Å². The summed E-state index contributed by atoms with van der Waals surface area (Å²) >= 11 is 0. The molecule has 0 bridgehead atoms. The highest BCUT2D eigenvalue weighted by atomic mass is 16.5. The molecule has 0 spiro atoms. The zero-order valence-electron chi connectivity index (χ0n) is 11.1. The first-order chi connectivity index (χ1) is 9.17. The number of rotatable bonds is 2. The Morgan fingerprint density at radius 2 is 2.05 bits per heavy atom. The van der Waals surface area contributed by atoms with Crippen molar-refractivity contribution in [3.05, 3.63) is 23.8 Å². The molecule has 1 aromatic rings. The average Bonchev–Trinajstić information content (AvgIpc) is 2.87. The summed E-state index contributed by atoms with van der Waals surface area (Å²) in [5.41, 5.74) is 7.52. The molecule has 1 saturated carbocycles. The Morgan fingerprint density at radius 3 is 2.84 bits per heavy atom. The minimum atomic E-state index is -0.687. The summed E-state index contributed by atoms with van der Waals surface area (Å²) in [5, 5.41) is 2.96. The second-order valence-electron chi connectivity index (χ2n) is 5.59. The highest BCUT2D eigenvalue weighted by Crippen LogP contribution is 2.30. The van der Waals surface area contributed by atoms with Gasteiger partial charge in [0.05, 0.1) is 12.1 Å². The molecule has 0 radical (unpaired) electrons. The van der Waals surface area contributed by atoms with E-state index in [1.54, 1.807) is 0 Å². The van der Waals surface area contributed by atoms with Gasteiger partial charge in [-0.15, -0.1) is 0 Å². The lowest BCUT2D eigenvalue weighted by molar-refractivity contribution is -0.122. The lowest BCUT2D eigenvalue weighted by Gasteiger charge is -2.31. The van der Waals surface area contributed by atoms with Gasteiger partial charge in [0.25, 0.3) is 0 Å². The van der Waals surface area contributed by atoms with Crippen molar-refractivity contribution in [2.45, 2.75) is 44.1 Å². The van der Waals surface area contributed by atoms with E-state index in [1.807, 2.05) is 18.2 Å². The molecule has 1 heterocycles. The molecule has 102 valence electrons. The predicted octanol–water partition coefficient (Wildman–Crippen LogP) is 2.22. The summed E-state index contributed by atoms with van der Waals surface area (Å²) in [7, 11) is 0. The van der Waals surface area contributed by atoms with Crippen molar-refractivity contribution in [1.29, 1.82) is 0 Å². The van der Waals surface area contributed by atoms with Crippen LogP contribution >= 0.6 is 0 Å². The standard InChI is InChI=1S/C15H20N2O2/c16-15(7-2-1-3-8-15)14(18)17-12-4-5-13-11(10-12)6-9-19-13/h4-5,10H,1-3,6-9,16H2,(H,17,18). The van der Waals surface area contributed by atoms with E-state index in [1.165, 1.54) is 6.42 Å². The summed E-state index contributed by atoms with van der Waals surface area (Å²) < 4.78 is 5.46. The van der Waals surface area contributed by atoms with E-state index in [4.69, 9.17) is 10.5 Å². The number of ether oxygens (including phenoxy) is 1. The third-order valence-electron chi connectivity index (χ3n) is 4.15. The molecule has 1 aliphatic carbocycles. The zero-order valence-corrected chi connectivity index (χ0v) is 11.1. The second kappa shape index (κ2) is 4.85. The fourth-order valence-corrected chi connectivity index (χ4v) is 2.93. The number of benzene rings is 1. The summed E-state index contributed by atoms with van der Waals surface area (Å²) in [4.78, 5) is 12.3. The molecule has 3 rings (SSSR count). The predicted molar refractivity (Wildman–Crippen MR) is 74.3 cm³/mol. The van der Waals surface area contributed by atoms with Gasteiger partial charge in [-0.2, -0.15) is 0 Å². The Balaban J connectivity index is 1.72. The monoisotopic (exact) mass is 260 g/mol. The van der Waals surface area contributed by atoms with E-state index in [9.17, 15) is 4.79 Å². The molecule has 1 aromatic carbocycles. The first-order valence-corrected chi connectivity index (χ1v) is 7.03. The summed E-state index contributed by atoms with van der Waals surface area (Å²) in [5.74, 6) is 0.879. The number of hydrogen-bond acceptors (Lipinski definition) is 3. The Kier molecular flexibility index (Phi) is 3.19. The van der Waals surface area contributed by atoms with Crippen LogP contribution in [0, 0.1) is 0 Å². The highest BCUT2D eigenvalue weighted by molar-refractivity contribution is 5.98. The molecule has 0 saturated heterocycles. The molecule has 1 aliphatic heterocycles. The quantitative estimate of drug-likeness (QED) is 0.857. The molecule has 1 amide bonds. The van der Waals surface area contributed by atoms with Gasteiger partial charge < -0.3 is 15.8 Å². The number of nitrogens with two attached hydrogens (primary N) is 1. The molecular weight excluding hydrogens is 240 g/mol. The van der Waals surface area contributed by atoms with E-state index < -0.39 is 5.54 Å². The van der Waals surface area contributed by atoms with Gasteiger partial charge >= 0.3 is 0 Å². The van der Waals surface area contributed by atoms with Crippen molar-refractivity contribution in [2.24, 2.45) is 5.73 Å². The Hall–Kier alpha value is -1.55. The normalized spacial score (nSPS) is 20.5. The number of amides is 1. The van der Waals surface area contributed by atoms with Gasteiger partial charge in [-0.3, -0.25) is 4.79 Å². The molecule has 0 atom stereocenters. The number of carbonyl (C=O) groups is 1. The first-order valence-electron chi connectivity index (χ1n) is 7.03. The first kappa shape index (κ1) is 12.5. The van der Waals surface area contributed by atoms with E-state index >= 15 is 0 Å². The van der Waals surface area contributed by atoms with Crippen molar-refractivity contribution >= 4 is 11.6 Å². The second-order valence-corrected chi connectivity index (χ2v) is 5.59. The van der Waals surface area contributed by atoms with Crippen LogP contribution in [0.5, 0.6) is 5.75 Å². The van der Waals surface area contributed by atoms with Crippen molar-refractivity contribution in [3.63, 3.8) is 0 Å². The van der Waals surface area contributed by atoms with Crippen LogP contribution in [0.3, 0.4) is 0 Å².